The van der Waals surface area contributed by atoms with E-state index in [-0.39, 0.29) is 17.2 Å². The molecular formula is C17H12N4O4S2Se. The Morgan fingerprint density at radius 2 is 1.96 bits per heavy atom. The van der Waals surface area contributed by atoms with E-state index in [9.17, 15) is 18.7 Å². The average Bonchev–Trinajstić information content (AvgIpc) is 3.31. The normalized spacial score (nSPS) is 15.4. The third-order valence-corrected chi connectivity index (χ3v) is 9.45. The van der Waals surface area contributed by atoms with Gasteiger partial charge in [-0.1, -0.05) is 0 Å². The van der Waals surface area contributed by atoms with E-state index in [2.05, 4.69) is 10.2 Å². The van der Waals surface area contributed by atoms with E-state index in [1.165, 1.54) is 47.4 Å². The summed E-state index contributed by atoms with van der Waals surface area (Å²) < 4.78 is 16.0. The average molecular weight is 479 g/mol. The van der Waals surface area contributed by atoms with Gasteiger partial charge in [0.05, 0.1) is 0 Å². The summed E-state index contributed by atoms with van der Waals surface area (Å²) in [7, 11) is 0. The Hall–Kier alpha value is -2.46. The van der Waals surface area contributed by atoms with Crippen LogP contribution in [0.4, 0.5) is 10.8 Å². The summed E-state index contributed by atoms with van der Waals surface area (Å²) in [5.74, 6) is -0.00982. The number of benzene rings is 2. The minimum atomic E-state index is -2.37. The molecule has 0 fully saturated rings. The molecule has 3 aromatic rings. The van der Waals surface area contributed by atoms with Crippen molar-refractivity contribution in [1.29, 1.82) is 0 Å². The number of anilines is 1. The fourth-order valence-electron chi connectivity index (χ4n) is 2.62. The Morgan fingerprint density at radius 1 is 1.21 bits per heavy atom. The number of non-ortho nitro benzene ring substituents is 1. The zero-order valence-corrected chi connectivity index (χ0v) is 17.5. The molecule has 0 bridgehead atoms. The number of nitro groups is 1. The fraction of sp³-hybridized carbons (Fsp3) is 0.118. The maximum atomic E-state index is 12.7. The van der Waals surface area contributed by atoms with Crippen molar-refractivity contribution in [2.75, 3.05) is 9.67 Å². The molecule has 0 amide bonds. The molecule has 1 aliphatic rings. The molecule has 0 N–H and O–H groups in total. The van der Waals surface area contributed by atoms with Crippen LogP contribution in [0.15, 0.2) is 52.9 Å². The predicted molar refractivity (Wildman–Crippen MR) is 107 cm³/mol. The van der Waals surface area contributed by atoms with Crippen molar-refractivity contribution < 1.29 is 13.6 Å². The number of nitro benzene ring substituents is 1. The number of thioether (sulfide) groups is 1. The molecule has 0 aliphatic carbocycles. The van der Waals surface area contributed by atoms with Crippen LogP contribution in [0.2, 0.25) is 0 Å². The van der Waals surface area contributed by atoms with Crippen LogP contribution in [0, 0.1) is 10.1 Å². The molecule has 4 rings (SSSR count). The summed E-state index contributed by atoms with van der Waals surface area (Å²) >= 11 is 0.183. The first-order chi connectivity index (χ1) is 13.5. The summed E-state index contributed by atoms with van der Waals surface area (Å²) in [5.41, 5.74) is 1.39. The third kappa shape index (κ3) is 3.74. The molecular weight excluding hydrogens is 467 g/mol. The van der Waals surface area contributed by atoms with Crippen LogP contribution in [0.3, 0.4) is 0 Å². The van der Waals surface area contributed by atoms with Crippen LogP contribution in [-0.4, -0.2) is 40.7 Å². The summed E-state index contributed by atoms with van der Waals surface area (Å²) in [5, 5.41) is 19.5. The van der Waals surface area contributed by atoms with E-state index >= 15 is 0 Å². The summed E-state index contributed by atoms with van der Waals surface area (Å²) in [6.45, 7) is 0.547. The second-order valence-electron chi connectivity index (χ2n) is 5.76. The van der Waals surface area contributed by atoms with E-state index in [1.54, 1.807) is 3.92 Å². The minimum absolute atomic E-state index is 0.0551. The van der Waals surface area contributed by atoms with Crippen LogP contribution in [0.5, 0.6) is 0 Å². The first-order valence-electron chi connectivity index (χ1n) is 8.04. The van der Waals surface area contributed by atoms with Gasteiger partial charge in [0.1, 0.15) is 0 Å². The van der Waals surface area contributed by atoms with E-state index in [4.69, 9.17) is 0 Å². The Morgan fingerprint density at radius 3 is 2.68 bits per heavy atom. The summed E-state index contributed by atoms with van der Waals surface area (Å²) in [4.78, 5) is 22.4. The Balaban J connectivity index is 1.40. The van der Waals surface area contributed by atoms with Gasteiger partial charge in [-0.25, -0.2) is 0 Å². The molecule has 28 heavy (non-hydrogen) atoms. The van der Waals surface area contributed by atoms with Crippen molar-refractivity contribution in [2.45, 2.75) is 10.9 Å². The molecule has 1 unspecified atom stereocenters. The van der Waals surface area contributed by atoms with Crippen LogP contribution in [-0.2, 0) is 10.4 Å². The van der Waals surface area contributed by atoms with E-state index < -0.39 is 19.0 Å². The van der Waals surface area contributed by atoms with Crippen molar-refractivity contribution in [3.8, 4) is 0 Å². The van der Waals surface area contributed by atoms with Crippen LogP contribution < -0.4 is 8.38 Å². The number of hydrogen-bond donors (Lipinski definition) is 0. The van der Waals surface area contributed by atoms with Gasteiger partial charge in [0.15, 0.2) is 0 Å². The van der Waals surface area contributed by atoms with Crippen LogP contribution >= 0.6 is 23.1 Å². The maximum absolute atomic E-state index is 12.7. The number of carbonyl (C=O) groups excluding carboxylic acids is 1. The molecule has 11 heteroatoms. The van der Waals surface area contributed by atoms with Crippen LogP contribution in [0.1, 0.15) is 15.9 Å². The van der Waals surface area contributed by atoms with Crippen molar-refractivity contribution in [2.24, 2.45) is 0 Å². The molecule has 0 radical (unpaired) electrons. The standard InChI is InChI=1S/C17H12N4O4S2Se/c22-14(11-5-7-13(8-6-11)21(23)24)10-26-17-19-18-16(27-17)20-9-12-3-1-2-4-15(12)28(20)25/h1-8H,9-10H2. The number of hydrogen-bond acceptors (Lipinski definition) is 8. The molecule has 2 aromatic carbocycles. The number of fused-ring (bicyclic) bond motifs is 1. The second kappa shape index (κ2) is 7.88. The molecule has 1 atom stereocenters. The van der Waals surface area contributed by atoms with Gasteiger partial charge in [-0.05, 0) is 0 Å². The van der Waals surface area contributed by atoms with Crippen molar-refractivity contribution in [3.63, 3.8) is 0 Å². The quantitative estimate of drug-likeness (QED) is 0.175. The van der Waals surface area contributed by atoms with E-state index in [1.807, 2.05) is 24.3 Å². The number of rotatable bonds is 6. The number of carbonyl (C=O) groups is 1. The van der Waals surface area contributed by atoms with Gasteiger partial charge in [0.2, 0.25) is 0 Å². The Labute approximate surface area is 172 Å². The first-order valence-corrected chi connectivity index (χ1v) is 12.2. The van der Waals surface area contributed by atoms with Gasteiger partial charge in [0, 0.05) is 0 Å². The van der Waals surface area contributed by atoms with Gasteiger partial charge in [-0.2, -0.15) is 0 Å². The molecule has 1 aliphatic heterocycles. The van der Waals surface area contributed by atoms with Gasteiger partial charge in [-0.3, -0.25) is 10.1 Å². The molecule has 0 saturated carbocycles. The number of ketones is 1. The molecule has 8 nitrogen and oxygen atoms in total. The van der Waals surface area contributed by atoms with E-state index in [0.717, 1.165) is 10.0 Å². The summed E-state index contributed by atoms with van der Waals surface area (Å²) in [6, 6.07) is 13.2. The zero-order valence-electron chi connectivity index (χ0n) is 14.2. The Kier molecular flexibility index (Phi) is 5.31. The monoisotopic (exact) mass is 480 g/mol. The number of nitrogens with zero attached hydrogens (tertiary/aromatic N) is 4. The molecule has 2 heterocycles. The molecule has 0 saturated heterocycles. The van der Waals surface area contributed by atoms with Gasteiger partial charge in [0.25, 0.3) is 0 Å². The van der Waals surface area contributed by atoms with Gasteiger partial charge < -0.3 is 0 Å². The molecule has 142 valence electrons. The second-order valence-corrected chi connectivity index (χ2v) is 10.8. The predicted octanol–water partition coefficient (Wildman–Crippen LogP) is 2.57. The first kappa shape index (κ1) is 18.9. The van der Waals surface area contributed by atoms with Gasteiger partial charge >= 0.3 is 162 Å². The molecule has 0 spiro atoms. The van der Waals surface area contributed by atoms with Crippen molar-refractivity contribution in [3.05, 3.63) is 69.8 Å². The zero-order chi connectivity index (χ0) is 19.7. The van der Waals surface area contributed by atoms with Gasteiger partial charge in [-0.15, -0.1) is 0 Å². The van der Waals surface area contributed by atoms with Crippen molar-refractivity contribution in [1.82, 2.24) is 10.2 Å². The Bertz CT molecular complexity index is 1090. The topological polar surface area (TPSA) is 106 Å². The van der Waals surface area contributed by atoms with Crippen molar-refractivity contribution >= 4 is 58.2 Å². The fourth-order valence-corrected chi connectivity index (χ4v) is 7.41. The van der Waals surface area contributed by atoms with E-state index in [0.29, 0.717) is 21.6 Å². The molecule has 1 aromatic heterocycles. The third-order valence-electron chi connectivity index (χ3n) is 4.01. The number of aromatic nitrogens is 2. The SMILES string of the molecule is O=C(CSc1nnc(N2Cc3ccccc3[Se]2=O)s1)c1ccc([N+](=O)[O-])cc1. The van der Waals surface area contributed by atoms with Crippen LogP contribution in [0.25, 0.3) is 0 Å². The summed E-state index contributed by atoms with van der Waals surface area (Å²) in [6.07, 6.45) is 0. The number of Topliss-reactive ketones (excluding diaryl/α,β-unsaturated/α-hetero) is 1.